The first-order chi connectivity index (χ1) is 12.0. The Bertz CT molecular complexity index is 899. The summed E-state index contributed by atoms with van der Waals surface area (Å²) in [4.78, 5) is 16.6. The molecule has 3 rings (SSSR count). The summed E-state index contributed by atoms with van der Waals surface area (Å²) in [5, 5.41) is 6.89. The molecule has 5 nitrogen and oxygen atoms in total. The largest absolute Gasteiger partial charge is 0.352 e. The van der Waals surface area contributed by atoms with Crippen LogP contribution in [0.4, 0.5) is 0 Å². The number of aryl methyl sites for hydroxylation is 3. The van der Waals surface area contributed by atoms with E-state index in [0.717, 1.165) is 16.7 Å². The zero-order chi connectivity index (χ0) is 17.8. The van der Waals surface area contributed by atoms with E-state index in [9.17, 15) is 4.79 Å². The molecule has 0 aliphatic rings. The molecule has 0 saturated carbocycles. The molecule has 0 aliphatic carbocycles. The molecule has 1 aromatic heterocycles. The first kappa shape index (κ1) is 16.9. The molecular weight excluding hydrogens is 314 g/mol. The number of carbonyl (C=O) groups is 1. The summed E-state index contributed by atoms with van der Waals surface area (Å²) < 4.78 is 5.27. The van der Waals surface area contributed by atoms with Crippen LogP contribution >= 0.6 is 0 Å². The van der Waals surface area contributed by atoms with Crippen LogP contribution in [-0.4, -0.2) is 22.6 Å². The van der Waals surface area contributed by atoms with E-state index in [1.807, 2.05) is 63.2 Å². The van der Waals surface area contributed by atoms with E-state index in [2.05, 4.69) is 15.5 Å². The molecule has 0 unspecified atom stereocenters. The van der Waals surface area contributed by atoms with Gasteiger partial charge < -0.3 is 9.84 Å². The smallest absolute Gasteiger partial charge is 0.251 e. The summed E-state index contributed by atoms with van der Waals surface area (Å²) in [7, 11) is 0. The van der Waals surface area contributed by atoms with Crippen molar-refractivity contribution in [1.82, 2.24) is 15.5 Å². The molecule has 2 aromatic carbocycles. The van der Waals surface area contributed by atoms with Crippen LogP contribution in [0, 0.1) is 20.8 Å². The van der Waals surface area contributed by atoms with Crippen molar-refractivity contribution in [2.24, 2.45) is 0 Å². The van der Waals surface area contributed by atoms with Crippen LogP contribution in [0.25, 0.3) is 11.4 Å². The lowest BCUT2D eigenvalue weighted by Crippen LogP contribution is -2.25. The van der Waals surface area contributed by atoms with Crippen molar-refractivity contribution in [2.45, 2.75) is 27.2 Å². The average Bonchev–Trinajstić information content (AvgIpc) is 3.06. The first-order valence-electron chi connectivity index (χ1n) is 8.28. The Balaban J connectivity index is 1.57. The van der Waals surface area contributed by atoms with Gasteiger partial charge in [0.2, 0.25) is 11.7 Å². The van der Waals surface area contributed by atoms with Crippen molar-refractivity contribution in [3.8, 4) is 11.4 Å². The van der Waals surface area contributed by atoms with E-state index in [1.54, 1.807) is 0 Å². The van der Waals surface area contributed by atoms with E-state index in [-0.39, 0.29) is 5.91 Å². The number of amides is 1. The lowest BCUT2D eigenvalue weighted by atomic mass is 10.1. The van der Waals surface area contributed by atoms with Gasteiger partial charge >= 0.3 is 0 Å². The van der Waals surface area contributed by atoms with Crippen molar-refractivity contribution < 1.29 is 9.32 Å². The van der Waals surface area contributed by atoms with Gasteiger partial charge in [-0.2, -0.15) is 4.98 Å². The fourth-order valence-electron chi connectivity index (χ4n) is 2.53. The number of hydrogen-bond donors (Lipinski definition) is 1. The van der Waals surface area contributed by atoms with Gasteiger partial charge in [-0.3, -0.25) is 4.79 Å². The Morgan fingerprint density at radius 1 is 1.08 bits per heavy atom. The van der Waals surface area contributed by atoms with Crippen molar-refractivity contribution >= 4 is 5.91 Å². The highest BCUT2D eigenvalue weighted by molar-refractivity contribution is 5.94. The van der Waals surface area contributed by atoms with Crippen molar-refractivity contribution in [2.75, 3.05) is 6.54 Å². The minimum Gasteiger partial charge on any atom is -0.352 e. The summed E-state index contributed by atoms with van der Waals surface area (Å²) in [5.41, 5.74) is 5.01. The Morgan fingerprint density at radius 3 is 2.68 bits per heavy atom. The molecule has 1 amide bonds. The first-order valence-corrected chi connectivity index (χ1v) is 8.28. The van der Waals surface area contributed by atoms with Crippen LogP contribution in [0.3, 0.4) is 0 Å². The number of nitrogens with one attached hydrogen (secondary N) is 1. The number of hydrogen-bond acceptors (Lipinski definition) is 4. The third-order valence-electron chi connectivity index (χ3n) is 4.14. The second-order valence-electron chi connectivity index (χ2n) is 6.19. The fraction of sp³-hybridized carbons (Fsp3) is 0.250. The van der Waals surface area contributed by atoms with Gasteiger partial charge in [0.05, 0.1) is 0 Å². The van der Waals surface area contributed by atoms with E-state index >= 15 is 0 Å². The number of rotatable bonds is 5. The van der Waals surface area contributed by atoms with Gasteiger partial charge in [-0.1, -0.05) is 35.0 Å². The van der Waals surface area contributed by atoms with Crippen molar-refractivity contribution in [3.05, 3.63) is 70.6 Å². The molecule has 0 saturated heterocycles. The Morgan fingerprint density at radius 2 is 1.92 bits per heavy atom. The van der Waals surface area contributed by atoms with Crippen LogP contribution in [0.2, 0.25) is 0 Å². The van der Waals surface area contributed by atoms with Gasteiger partial charge in [0, 0.05) is 24.1 Å². The van der Waals surface area contributed by atoms with E-state index < -0.39 is 0 Å². The average molecular weight is 335 g/mol. The van der Waals surface area contributed by atoms with Gasteiger partial charge in [0.15, 0.2) is 0 Å². The summed E-state index contributed by atoms with van der Waals surface area (Å²) in [5.74, 6) is 0.984. The minimum absolute atomic E-state index is 0.0958. The predicted octanol–water partition coefficient (Wildman–Crippen LogP) is 3.63. The monoisotopic (exact) mass is 335 g/mol. The van der Waals surface area contributed by atoms with E-state index in [0.29, 0.717) is 30.2 Å². The third-order valence-corrected chi connectivity index (χ3v) is 4.14. The molecule has 0 aliphatic heterocycles. The van der Waals surface area contributed by atoms with Crippen LogP contribution in [0.1, 0.15) is 32.9 Å². The molecule has 25 heavy (non-hydrogen) atoms. The van der Waals surface area contributed by atoms with Gasteiger partial charge in [-0.15, -0.1) is 0 Å². The molecule has 1 N–H and O–H groups in total. The van der Waals surface area contributed by atoms with Gasteiger partial charge in [-0.05, 0) is 50.1 Å². The van der Waals surface area contributed by atoms with E-state index in [1.165, 1.54) is 5.56 Å². The summed E-state index contributed by atoms with van der Waals surface area (Å²) >= 11 is 0. The minimum atomic E-state index is -0.0958. The standard InChI is InChI=1S/C20H21N3O2/c1-13-5-4-6-16(11-13)19-22-18(25-23-19)9-10-21-20(24)17-8-7-14(2)15(3)12-17/h4-8,11-12H,9-10H2,1-3H3,(H,21,24). The molecule has 128 valence electrons. The molecule has 0 radical (unpaired) electrons. The van der Waals surface area contributed by atoms with Gasteiger partial charge in [-0.25, -0.2) is 0 Å². The lowest BCUT2D eigenvalue weighted by molar-refractivity contribution is 0.0953. The Hall–Kier alpha value is -2.95. The predicted molar refractivity (Wildman–Crippen MR) is 96.4 cm³/mol. The highest BCUT2D eigenvalue weighted by atomic mass is 16.5. The Labute approximate surface area is 147 Å². The number of benzene rings is 2. The maximum Gasteiger partial charge on any atom is 0.251 e. The zero-order valence-corrected chi connectivity index (χ0v) is 14.7. The third kappa shape index (κ3) is 4.12. The van der Waals surface area contributed by atoms with Crippen molar-refractivity contribution in [3.63, 3.8) is 0 Å². The maximum absolute atomic E-state index is 12.2. The molecule has 5 heteroatoms. The van der Waals surface area contributed by atoms with Crippen LogP contribution < -0.4 is 5.32 Å². The maximum atomic E-state index is 12.2. The SMILES string of the molecule is Cc1cccc(-c2noc(CCNC(=O)c3ccc(C)c(C)c3)n2)c1. The highest BCUT2D eigenvalue weighted by Gasteiger charge is 2.10. The Kier molecular flexibility index (Phi) is 4.93. The summed E-state index contributed by atoms with van der Waals surface area (Å²) in [6.07, 6.45) is 0.495. The fourth-order valence-corrected chi connectivity index (χ4v) is 2.53. The number of carbonyl (C=O) groups excluding carboxylic acids is 1. The second kappa shape index (κ2) is 7.30. The molecule has 0 spiro atoms. The topological polar surface area (TPSA) is 68.0 Å². The normalized spacial score (nSPS) is 10.7. The zero-order valence-electron chi connectivity index (χ0n) is 14.7. The highest BCUT2D eigenvalue weighted by Crippen LogP contribution is 2.17. The lowest BCUT2D eigenvalue weighted by Gasteiger charge is -2.06. The van der Waals surface area contributed by atoms with Gasteiger partial charge in [0.25, 0.3) is 5.91 Å². The molecule has 0 bridgehead atoms. The van der Waals surface area contributed by atoms with Gasteiger partial charge in [0.1, 0.15) is 0 Å². The quantitative estimate of drug-likeness (QED) is 0.773. The number of aromatic nitrogens is 2. The van der Waals surface area contributed by atoms with E-state index in [4.69, 9.17) is 4.52 Å². The molecular formula is C20H21N3O2. The number of nitrogens with zero attached hydrogens (tertiary/aromatic N) is 2. The summed E-state index contributed by atoms with van der Waals surface area (Å²) in [6, 6.07) is 13.6. The molecule has 0 atom stereocenters. The van der Waals surface area contributed by atoms with Crippen LogP contribution in [0.5, 0.6) is 0 Å². The molecule has 0 fully saturated rings. The van der Waals surface area contributed by atoms with Crippen molar-refractivity contribution in [1.29, 1.82) is 0 Å². The van der Waals surface area contributed by atoms with Crippen LogP contribution in [0.15, 0.2) is 47.0 Å². The van der Waals surface area contributed by atoms with Crippen LogP contribution in [-0.2, 0) is 6.42 Å². The summed E-state index contributed by atoms with van der Waals surface area (Å²) in [6.45, 7) is 6.49. The molecule has 3 aromatic rings. The molecule has 1 heterocycles. The second-order valence-corrected chi connectivity index (χ2v) is 6.19.